The predicted octanol–water partition coefficient (Wildman–Crippen LogP) is 3.55. The van der Waals surface area contributed by atoms with Gasteiger partial charge in [-0.25, -0.2) is 9.98 Å². The van der Waals surface area contributed by atoms with Crippen molar-refractivity contribution in [1.29, 1.82) is 0 Å². The topological polar surface area (TPSA) is 69.5 Å². The first-order valence-electron chi connectivity index (χ1n) is 8.50. The fraction of sp³-hybridized carbons (Fsp3) is 0.750. The molecule has 0 amide bonds. The highest BCUT2D eigenvalue weighted by Gasteiger charge is 2.33. The van der Waals surface area contributed by atoms with Crippen LogP contribution in [0.3, 0.4) is 0 Å². The molecule has 1 aromatic heterocycles. The van der Waals surface area contributed by atoms with Gasteiger partial charge in [0.1, 0.15) is 5.01 Å². The zero-order chi connectivity index (χ0) is 18.9. The lowest BCUT2D eigenvalue weighted by atomic mass is 9.93. The van der Waals surface area contributed by atoms with Crippen LogP contribution in [0, 0.1) is 0 Å². The number of nitrogens with zero attached hydrogens (tertiary/aromatic N) is 2. The van der Waals surface area contributed by atoms with Crippen molar-refractivity contribution in [2.75, 3.05) is 13.1 Å². The summed E-state index contributed by atoms with van der Waals surface area (Å²) in [5.41, 5.74) is -1.70. The summed E-state index contributed by atoms with van der Waals surface area (Å²) in [4.78, 5) is 7.83. The third kappa shape index (κ3) is 7.60. The van der Waals surface area contributed by atoms with Gasteiger partial charge in [0.15, 0.2) is 11.7 Å². The van der Waals surface area contributed by atoms with Crippen LogP contribution >= 0.6 is 11.3 Å². The number of aliphatic hydroxyl groups is 1. The van der Waals surface area contributed by atoms with Gasteiger partial charge in [-0.15, -0.1) is 11.3 Å². The monoisotopic (exact) mass is 380 g/mol. The minimum Gasteiger partial charge on any atom is -0.388 e. The average molecular weight is 380 g/mol. The first-order valence-corrected chi connectivity index (χ1v) is 9.38. The van der Waals surface area contributed by atoms with Crippen LogP contribution in [-0.2, 0) is 12.7 Å². The molecule has 25 heavy (non-hydrogen) atoms. The number of nitrogens with one attached hydrogen (secondary N) is 2. The normalized spacial score (nSPS) is 13.2. The molecule has 144 valence electrons. The van der Waals surface area contributed by atoms with E-state index in [-0.39, 0.29) is 6.54 Å². The number of aromatic nitrogens is 1. The quantitative estimate of drug-likeness (QED) is 0.453. The number of hydrogen-bond acceptors (Lipinski definition) is 4. The van der Waals surface area contributed by atoms with Gasteiger partial charge in [0, 0.05) is 18.5 Å². The van der Waals surface area contributed by atoms with Gasteiger partial charge in [-0.3, -0.25) is 0 Å². The van der Waals surface area contributed by atoms with Gasteiger partial charge in [0.25, 0.3) is 0 Å². The predicted molar refractivity (Wildman–Crippen MR) is 94.7 cm³/mol. The molecule has 0 saturated heterocycles. The van der Waals surface area contributed by atoms with E-state index in [2.05, 4.69) is 20.6 Å². The summed E-state index contributed by atoms with van der Waals surface area (Å²) in [6.07, 6.45) is -1.35. The van der Waals surface area contributed by atoms with E-state index in [1.165, 1.54) is 0 Å². The molecule has 1 aromatic rings. The van der Waals surface area contributed by atoms with Crippen LogP contribution in [-0.4, -0.2) is 34.7 Å². The third-order valence-corrected chi connectivity index (χ3v) is 4.41. The first-order chi connectivity index (χ1) is 11.7. The molecule has 1 heterocycles. The molecule has 0 aromatic carbocycles. The highest BCUT2D eigenvalue weighted by atomic mass is 32.1. The Labute approximate surface area is 150 Å². The van der Waals surface area contributed by atoms with Crippen LogP contribution in [0.5, 0.6) is 0 Å². The van der Waals surface area contributed by atoms with Crippen molar-refractivity contribution in [3.8, 4) is 0 Å². The van der Waals surface area contributed by atoms with Crippen LogP contribution in [0.1, 0.15) is 57.2 Å². The highest BCUT2D eigenvalue weighted by molar-refractivity contribution is 7.09. The lowest BCUT2D eigenvalue weighted by Gasteiger charge is -2.28. The fourth-order valence-corrected chi connectivity index (χ4v) is 3.21. The Morgan fingerprint density at radius 3 is 2.32 bits per heavy atom. The Kier molecular flexibility index (Phi) is 8.64. The largest absolute Gasteiger partial charge is 0.434 e. The van der Waals surface area contributed by atoms with Crippen LogP contribution in [0.4, 0.5) is 13.2 Å². The zero-order valence-corrected chi connectivity index (χ0v) is 15.7. The van der Waals surface area contributed by atoms with Crippen LogP contribution in [0.15, 0.2) is 10.4 Å². The Hall–Kier alpha value is -1.35. The third-order valence-electron chi connectivity index (χ3n) is 3.57. The molecule has 0 bridgehead atoms. The second-order valence-electron chi connectivity index (χ2n) is 5.90. The summed E-state index contributed by atoms with van der Waals surface area (Å²) < 4.78 is 37.7. The molecular formula is C16H27F3N4OS. The van der Waals surface area contributed by atoms with Crippen molar-refractivity contribution in [1.82, 2.24) is 15.6 Å². The van der Waals surface area contributed by atoms with E-state index in [1.54, 1.807) is 0 Å². The smallest absolute Gasteiger partial charge is 0.388 e. The molecule has 1 rings (SSSR count). The summed E-state index contributed by atoms with van der Waals surface area (Å²) >= 11 is 0.933. The van der Waals surface area contributed by atoms with Gasteiger partial charge in [-0.1, -0.05) is 26.7 Å². The summed E-state index contributed by atoms with van der Waals surface area (Å²) in [5, 5.41) is 18.0. The van der Waals surface area contributed by atoms with Crippen molar-refractivity contribution >= 4 is 17.3 Å². The number of guanidine groups is 1. The number of halogens is 3. The van der Waals surface area contributed by atoms with E-state index >= 15 is 0 Å². The zero-order valence-electron chi connectivity index (χ0n) is 14.9. The van der Waals surface area contributed by atoms with Gasteiger partial charge in [-0.05, 0) is 19.8 Å². The number of alkyl halides is 3. The van der Waals surface area contributed by atoms with Gasteiger partial charge < -0.3 is 15.7 Å². The second-order valence-corrected chi connectivity index (χ2v) is 6.84. The van der Waals surface area contributed by atoms with E-state index in [1.807, 2.05) is 20.8 Å². The standard InChI is InChI=1S/C16H27F3N4OS/c1-4-7-15(24,8-5-2)11-22-14(20-6-3)21-9-13-23-12(10-25-13)16(17,18)19/h10,24H,4-9,11H2,1-3H3,(H2,20,21,22). The average Bonchev–Trinajstić information content (AvgIpc) is 3.00. The van der Waals surface area contributed by atoms with Gasteiger partial charge in [0.05, 0.1) is 12.1 Å². The maximum absolute atomic E-state index is 12.6. The summed E-state index contributed by atoms with van der Waals surface area (Å²) in [6.45, 7) is 6.92. The Morgan fingerprint density at radius 2 is 1.84 bits per heavy atom. The van der Waals surface area contributed by atoms with Crippen molar-refractivity contribution in [3.05, 3.63) is 16.1 Å². The van der Waals surface area contributed by atoms with Gasteiger partial charge in [0.2, 0.25) is 0 Å². The number of rotatable bonds is 9. The van der Waals surface area contributed by atoms with Crippen molar-refractivity contribution < 1.29 is 18.3 Å². The molecule has 0 aliphatic carbocycles. The molecule has 0 radical (unpaired) electrons. The lowest BCUT2D eigenvalue weighted by molar-refractivity contribution is -0.140. The molecule has 0 atom stereocenters. The maximum atomic E-state index is 12.6. The summed E-state index contributed by atoms with van der Waals surface area (Å²) in [5.74, 6) is 0.455. The van der Waals surface area contributed by atoms with E-state index in [0.717, 1.165) is 29.6 Å². The molecular weight excluding hydrogens is 353 g/mol. The van der Waals surface area contributed by atoms with Crippen molar-refractivity contribution in [3.63, 3.8) is 0 Å². The summed E-state index contributed by atoms with van der Waals surface area (Å²) in [7, 11) is 0. The number of aliphatic imine (C=N–C) groups is 1. The van der Waals surface area contributed by atoms with Gasteiger partial charge >= 0.3 is 6.18 Å². The molecule has 0 aliphatic rings. The maximum Gasteiger partial charge on any atom is 0.434 e. The second kappa shape index (κ2) is 9.96. The highest BCUT2D eigenvalue weighted by Crippen LogP contribution is 2.30. The van der Waals surface area contributed by atoms with Crippen LogP contribution in [0.25, 0.3) is 0 Å². The SMILES string of the molecule is CCCC(O)(CCC)CNC(=NCc1nc(C(F)(F)F)cs1)NCC. The molecule has 0 fully saturated rings. The molecule has 0 aliphatic heterocycles. The van der Waals surface area contributed by atoms with Crippen LogP contribution in [0.2, 0.25) is 0 Å². The fourth-order valence-electron chi connectivity index (χ4n) is 2.48. The van der Waals surface area contributed by atoms with Crippen LogP contribution < -0.4 is 10.6 Å². The van der Waals surface area contributed by atoms with E-state index in [9.17, 15) is 18.3 Å². The number of thiazole rings is 1. The van der Waals surface area contributed by atoms with Gasteiger partial charge in [-0.2, -0.15) is 13.2 Å². The van der Waals surface area contributed by atoms with E-state index in [0.29, 0.717) is 36.9 Å². The Morgan fingerprint density at radius 1 is 1.20 bits per heavy atom. The van der Waals surface area contributed by atoms with Crippen molar-refractivity contribution in [2.45, 2.75) is 64.8 Å². The van der Waals surface area contributed by atoms with E-state index < -0.39 is 17.5 Å². The lowest BCUT2D eigenvalue weighted by Crippen LogP contribution is -2.47. The molecule has 3 N–H and O–H groups in total. The molecule has 0 unspecified atom stereocenters. The van der Waals surface area contributed by atoms with Crippen molar-refractivity contribution in [2.24, 2.45) is 4.99 Å². The molecule has 5 nitrogen and oxygen atoms in total. The Balaban J connectivity index is 2.71. The first kappa shape index (κ1) is 21.7. The minimum atomic E-state index is -4.43. The number of hydrogen-bond donors (Lipinski definition) is 3. The Bertz CT molecular complexity index is 540. The summed E-state index contributed by atoms with van der Waals surface area (Å²) in [6, 6.07) is 0. The molecule has 9 heteroatoms. The minimum absolute atomic E-state index is 0.0517. The molecule has 0 spiro atoms. The van der Waals surface area contributed by atoms with E-state index in [4.69, 9.17) is 0 Å². The molecule has 0 saturated carbocycles.